The first kappa shape index (κ1) is 28.3. The van der Waals surface area contributed by atoms with Crippen molar-refractivity contribution in [2.75, 3.05) is 0 Å². The molecule has 234 valence electrons. The van der Waals surface area contributed by atoms with Gasteiger partial charge in [-0.3, -0.25) is 0 Å². The van der Waals surface area contributed by atoms with Gasteiger partial charge in [0.05, 0.1) is 39.1 Å². The lowest BCUT2D eigenvalue weighted by atomic mass is 10.1. The largest absolute Gasteiger partial charge is 0.309 e. The Morgan fingerprint density at radius 1 is 0.340 bits per heavy atom. The Hall–Kier alpha value is -6.78. The van der Waals surface area contributed by atoms with E-state index in [1.54, 1.807) is 0 Å². The molecule has 0 spiro atoms. The number of rotatable bonds is 5. The van der Waals surface area contributed by atoms with Crippen LogP contribution in [0.15, 0.2) is 182 Å². The van der Waals surface area contributed by atoms with Crippen LogP contribution in [-0.2, 0) is 0 Å². The lowest BCUT2D eigenvalue weighted by Crippen LogP contribution is -2.01. The van der Waals surface area contributed by atoms with Gasteiger partial charge in [-0.05, 0) is 54.6 Å². The van der Waals surface area contributed by atoms with E-state index in [2.05, 4.69) is 179 Å². The van der Waals surface area contributed by atoms with Crippen molar-refractivity contribution in [1.82, 2.24) is 19.1 Å². The standard InChI is InChI=1S/C46H30N4/c1-3-15-31(16-4-1)39-30-40(32-17-5-2-6-18-32)48-46(47-39)37-22-10-14-26-44(37)50-43-25-13-9-21-36(43)38-29-33(27-28-45(38)50)49-41-23-11-7-19-34(41)35-20-8-12-24-42(35)49/h1-30H. The Labute approximate surface area is 289 Å². The molecule has 0 aliphatic carbocycles. The van der Waals surface area contributed by atoms with Crippen molar-refractivity contribution in [3.63, 3.8) is 0 Å². The van der Waals surface area contributed by atoms with Crippen molar-refractivity contribution in [3.05, 3.63) is 182 Å². The van der Waals surface area contributed by atoms with E-state index < -0.39 is 0 Å². The molecule has 0 fully saturated rings. The van der Waals surface area contributed by atoms with Gasteiger partial charge in [-0.1, -0.05) is 127 Å². The van der Waals surface area contributed by atoms with Crippen LogP contribution in [0.25, 0.3) is 88.9 Å². The summed E-state index contributed by atoms with van der Waals surface area (Å²) in [5, 5.41) is 4.90. The predicted octanol–water partition coefficient (Wildman–Crippen LogP) is 11.7. The minimum Gasteiger partial charge on any atom is -0.309 e. The first-order chi connectivity index (χ1) is 24.8. The third-order valence-corrected chi connectivity index (χ3v) is 9.75. The van der Waals surface area contributed by atoms with Gasteiger partial charge >= 0.3 is 0 Å². The molecule has 0 atom stereocenters. The molecule has 0 unspecified atom stereocenters. The van der Waals surface area contributed by atoms with Crippen molar-refractivity contribution in [2.24, 2.45) is 0 Å². The highest BCUT2D eigenvalue weighted by Crippen LogP contribution is 2.39. The fraction of sp³-hybridized carbons (Fsp3) is 0. The molecule has 0 bridgehead atoms. The number of hydrogen-bond acceptors (Lipinski definition) is 2. The topological polar surface area (TPSA) is 35.6 Å². The van der Waals surface area contributed by atoms with E-state index in [1.807, 2.05) is 12.1 Å². The number of hydrogen-bond donors (Lipinski definition) is 0. The van der Waals surface area contributed by atoms with E-state index in [9.17, 15) is 0 Å². The number of fused-ring (bicyclic) bond motifs is 6. The fourth-order valence-electron chi connectivity index (χ4n) is 7.50. The molecular formula is C46H30N4. The average molecular weight is 639 g/mol. The Bertz CT molecular complexity index is 2750. The third kappa shape index (κ3) is 4.46. The maximum Gasteiger partial charge on any atom is 0.162 e. The van der Waals surface area contributed by atoms with E-state index >= 15 is 0 Å². The smallest absolute Gasteiger partial charge is 0.162 e. The maximum absolute atomic E-state index is 5.21. The van der Waals surface area contributed by atoms with Crippen LogP contribution >= 0.6 is 0 Å². The van der Waals surface area contributed by atoms with Gasteiger partial charge in [0, 0.05) is 43.9 Å². The second-order valence-corrected chi connectivity index (χ2v) is 12.6. The van der Waals surface area contributed by atoms with Gasteiger partial charge in [0.2, 0.25) is 0 Å². The van der Waals surface area contributed by atoms with Gasteiger partial charge in [0.25, 0.3) is 0 Å². The predicted molar refractivity (Wildman–Crippen MR) is 207 cm³/mol. The quantitative estimate of drug-likeness (QED) is 0.188. The van der Waals surface area contributed by atoms with Gasteiger partial charge in [0.15, 0.2) is 5.82 Å². The molecule has 10 aromatic rings. The van der Waals surface area contributed by atoms with Crippen LogP contribution in [0.5, 0.6) is 0 Å². The molecule has 0 saturated heterocycles. The first-order valence-electron chi connectivity index (χ1n) is 16.9. The number of nitrogens with zero attached hydrogens (tertiary/aromatic N) is 4. The normalized spacial score (nSPS) is 11.6. The summed E-state index contributed by atoms with van der Waals surface area (Å²) in [5.41, 5.74) is 11.7. The van der Waals surface area contributed by atoms with Gasteiger partial charge in [-0.2, -0.15) is 0 Å². The van der Waals surface area contributed by atoms with Crippen molar-refractivity contribution < 1.29 is 0 Å². The molecule has 4 nitrogen and oxygen atoms in total. The second-order valence-electron chi connectivity index (χ2n) is 12.6. The van der Waals surface area contributed by atoms with Gasteiger partial charge in [0.1, 0.15) is 0 Å². The number of benzene rings is 7. The molecule has 0 aliphatic rings. The van der Waals surface area contributed by atoms with E-state index in [1.165, 1.54) is 32.6 Å². The van der Waals surface area contributed by atoms with Crippen LogP contribution < -0.4 is 0 Å². The Balaban J connectivity index is 1.21. The van der Waals surface area contributed by atoms with Crippen molar-refractivity contribution in [3.8, 4) is 45.3 Å². The zero-order valence-electron chi connectivity index (χ0n) is 27.1. The summed E-state index contributed by atoms with van der Waals surface area (Å²) in [6.45, 7) is 0. The molecule has 4 heteroatoms. The molecule has 3 aromatic heterocycles. The summed E-state index contributed by atoms with van der Waals surface area (Å²) in [4.78, 5) is 10.4. The summed E-state index contributed by atoms with van der Waals surface area (Å²) in [7, 11) is 0. The Morgan fingerprint density at radius 2 is 0.800 bits per heavy atom. The number of para-hydroxylation sites is 4. The van der Waals surface area contributed by atoms with Crippen molar-refractivity contribution in [1.29, 1.82) is 0 Å². The van der Waals surface area contributed by atoms with E-state index in [-0.39, 0.29) is 0 Å². The summed E-state index contributed by atoms with van der Waals surface area (Å²) in [6.07, 6.45) is 0. The molecule has 10 rings (SSSR count). The summed E-state index contributed by atoms with van der Waals surface area (Å²) in [6, 6.07) is 64.2. The third-order valence-electron chi connectivity index (χ3n) is 9.75. The van der Waals surface area contributed by atoms with E-state index in [0.29, 0.717) is 5.82 Å². The zero-order valence-corrected chi connectivity index (χ0v) is 27.1. The molecule has 0 N–H and O–H groups in total. The van der Waals surface area contributed by atoms with Crippen LogP contribution in [0.2, 0.25) is 0 Å². The molecule has 0 aliphatic heterocycles. The fourth-order valence-corrected chi connectivity index (χ4v) is 7.50. The molecule has 0 radical (unpaired) electrons. The molecular weight excluding hydrogens is 609 g/mol. The molecule has 50 heavy (non-hydrogen) atoms. The molecule has 0 saturated carbocycles. The Kier molecular flexibility index (Phi) is 6.46. The average Bonchev–Trinajstić information content (AvgIpc) is 3.71. The van der Waals surface area contributed by atoms with Crippen LogP contribution in [0.4, 0.5) is 0 Å². The van der Waals surface area contributed by atoms with Crippen LogP contribution in [0.3, 0.4) is 0 Å². The minimum absolute atomic E-state index is 0.689. The lowest BCUT2D eigenvalue weighted by molar-refractivity contribution is 1.13. The van der Waals surface area contributed by atoms with Crippen LogP contribution in [0, 0.1) is 0 Å². The van der Waals surface area contributed by atoms with Gasteiger partial charge in [-0.15, -0.1) is 0 Å². The summed E-state index contributed by atoms with van der Waals surface area (Å²) >= 11 is 0. The first-order valence-corrected chi connectivity index (χ1v) is 16.9. The molecule has 0 amide bonds. The zero-order chi connectivity index (χ0) is 33.0. The molecule has 3 heterocycles. The van der Waals surface area contributed by atoms with Gasteiger partial charge < -0.3 is 9.13 Å². The maximum atomic E-state index is 5.21. The molecule has 7 aromatic carbocycles. The minimum atomic E-state index is 0.689. The van der Waals surface area contributed by atoms with E-state index in [0.717, 1.165) is 50.5 Å². The highest BCUT2D eigenvalue weighted by Gasteiger charge is 2.20. The summed E-state index contributed by atoms with van der Waals surface area (Å²) in [5.74, 6) is 0.689. The second kappa shape index (κ2) is 11.4. The van der Waals surface area contributed by atoms with Crippen molar-refractivity contribution in [2.45, 2.75) is 0 Å². The Morgan fingerprint density at radius 3 is 1.40 bits per heavy atom. The monoisotopic (exact) mass is 638 g/mol. The van der Waals surface area contributed by atoms with Gasteiger partial charge in [-0.25, -0.2) is 9.97 Å². The van der Waals surface area contributed by atoms with Crippen LogP contribution in [0.1, 0.15) is 0 Å². The highest BCUT2D eigenvalue weighted by molar-refractivity contribution is 6.12. The van der Waals surface area contributed by atoms with Crippen LogP contribution in [-0.4, -0.2) is 19.1 Å². The highest BCUT2D eigenvalue weighted by atomic mass is 15.0. The number of aromatic nitrogens is 4. The lowest BCUT2D eigenvalue weighted by Gasteiger charge is -2.15. The SMILES string of the molecule is c1ccc(-c2cc(-c3ccccc3)nc(-c3ccccc3-n3c4ccccc4c4cc(-n5c6ccccc6c6ccccc65)ccc43)n2)cc1. The van der Waals surface area contributed by atoms with Crippen molar-refractivity contribution >= 4 is 43.6 Å². The van der Waals surface area contributed by atoms with E-state index in [4.69, 9.17) is 9.97 Å². The summed E-state index contributed by atoms with van der Waals surface area (Å²) < 4.78 is 4.76.